The second-order valence-electron chi connectivity index (χ2n) is 10.4. The highest BCUT2D eigenvalue weighted by molar-refractivity contribution is 9.10. The van der Waals surface area contributed by atoms with Crippen LogP contribution in [-0.2, 0) is 22.5 Å². The molecular weight excluding hydrogens is 592 g/mol. The van der Waals surface area contributed by atoms with Gasteiger partial charge in [0.25, 0.3) is 0 Å². The predicted molar refractivity (Wildman–Crippen MR) is 154 cm³/mol. The first kappa shape index (κ1) is 28.3. The summed E-state index contributed by atoms with van der Waals surface area (Å²) in [5, 5.41) is 14.0. The molecule has 0 atom stereocenters. The number of nitrogens with zero attached hydrogens (tertiary/aromatic N) is 3. The molecule has 9 nitrogen and oxygen atoms in total. The van der Waals surface area contributed by atoms with Gasteiger partial charge in [0, 0.05) is 40.5 Å². The van der Waals surface area contributed by atoms with E-state index in [1.807, 2.05) is 52.8 Å². The van der Waals surface area contributed by atoms with Gasteiger partial charge in [0.2, 0.25) is 5.91 Å². The Bertz CT molecular complexity index is 1380. The lowest BCUT2D eigenvalue weighted by Crippen LogP contribution is -2.42. The average Bonchev–Trinajstić information content (AvgIpc) is 3.36. The fraction of sp³-hybridized carbons (Fsp3) is 0.462. The summed E-state index contributed by atoms with van der Waals surface area (Å²) in [7, 11) is 0. The molecule has 4 rings (SSSR count). The number of ether oxygens (including phenoxy) is 1. The Labute approximate surface area is 237 Å². The van der Waals surface area contributed by atoms with Gasteiger partial charge in [-0.2, -0.15) is 0 Å². The van der Waals surface area contributed by atoms with Crippen molar-refractivity contribution >= 4 is 71.9 Å². The smallest absolute Gasteiger partial charge is 0.410 e. The molecule has 0 aliphatic carbocycles. The lowest BCUT2D eigenvalue weighted by Gasteiger charge is -2.29. The number of aromatic nitrogens is 1. The zero-order chi connectivity index (χ0) is 27.8. The molecule has 0 spiro atoms. The first-order chi connectivity index (χ1) is 17.8. The third-order valence-electron chi connectivity index (χ3n) is 5.97. The van der Waals surface area contributed by atoms with Crippen molar-refractivity contribution in [2.45, 2.75) is 65.6 Å². The molecule has 0 bridgehead atoms. The number of hydrogen-bond acceptors (Lipinski definition) is 7. The van der Waals surface area contributed by atoms with E-state index in [9.17, 15) is 19.5 Å². The van der Waals surface area contributed by atoms with Crippen molar-refractivity contribution in [2.75, 3.05) is 18.4 Å². The lowest BCUT2D eigenvalue weighted by molar-refractivity contribution is -0.116. The third kappa shape index (κ3) is 6.47. The molecule has 0 saturated carbocycles. The van der Waals surface area contributed by atoms with Crippen LogP contribution in [0.2, 0.25) is 0 Å². The van der Waals surface area contributed by atoms with E-state index < -0.39 is 17.8 Å². The van der Waals surface area contributed by atoms with E-state index in [4.69, 9.17) is 9.72 Å². The normalized spacial score (nSPS) is 13.5. The molecule has 0 saturated heterocycles. The highest BCUT2D eigenvalue weighted by Crippen LogP contribution is 2.46. The third-order valence-corrected chi connectivity index (χ3v) is 8.65. The van der Waals surface area contributed by atoms with Crippen molar-refractivity contribution in [1.29, 1.82) is 0 Å². The number of carbonyl (C=O) groups is 3. The van der Waals surface area contributed by atoms with Gasteiger partial charge in [-0.1, -0.05) is 15.9 Å². The Morgan fingerprint density at radius 1 is 1.26 bits per heavy atom. The van der Waals surface area contributed by atoms with Gasteiger partial charge in [-0.05, 0) is 64.8 Å². The van der Waals surface area contributed by atoms with Crippen molar-refractivity contribution in [3.05, 3.63) is 33.1 Å². The zero-order valence-electron chi connectivity index (χ0n) is 22.0. The molecule has 1 aromatic carbocycles. The molecule has 3 aromatic rings. The van der Waals surface area contributed by atoms with Crippen LogP contribution in [0, 0.1) is 0 Å². The number of hydrogen-bond donors (Lipinski definition) is 2. The molecular formula is C26H31BrN4O5S2. The van der Waals surface area contributed by atoms with Crippen LogP contribution in [0.25, 0.3) is 20.8 Å². The van der Waals surface area contributed by atoms with Crippen molar-refractivity contribution < 1.29 is 24.2 Å². The summed E-state index contributed by atoms with van der Waals surface area (Å²) in [4.78, 5) is 46.0. The molecule has 1 aliphatic rings. The van der Waals surface area contributed by atoms with E-state index in [2.05, 4.69) is 21.2 Å². The summed E-state index contributed by atoms with van der Waals surface area (Å²) >= 11 is 6.42. The van der Waals surface area contributed by atoms with Gasteiger partial charge in [0.1, 0.15) is 15.6 Å². The minimum Gasteiger partial charge on any atom is -0.465 e. The van der Waals surface area contributed by atoms with E-state index in [0.29, 0.717) is 18.0 Å². The summed E-state index contributed by atoms with van der Waals surface area (Å²) < 4.78 is 7.46. The number of thiazole rings is 1. The molecule has 3 amide bonds. The van der Waals surface area contributed by atoms with Crippen molar-refractivity contribution in [3.8, 4) is 10.6 Å². The Morgan fingerprint density at radius 2 is 2.00 bits per heavy atom. The predicted octanol–water partition coefficient (Wildman–Crippen LogP) is 6.80. The summed E-state index contributed by atoms with van der Waals surface area (Å²) in [6, 6.07) is 5.79. The van der Waals surface area contributed by atoms with E-state index in [0.717, 1.165) is 35.7 Å². The molecule has 0 radical (unpaired) electrons. The molecule has 12 heteroatoms. The lowest BCUT2D eigenvalue weighted by atomic mass is 10.0. The van der Waals surface area contributed by atoms with Crippen LogP contribution in [0.1, 0.15) is 51.5 Å². The first-order valence-corrected chi connectivity index (χ1v) is 14.7. The Morgan fingerprint density at radius 3 is 2.66 bits per heavy atom. The van der Waals surface area contributed by atoms with Crippen LogP contribution < -0.4 is 5.32 Å². The molecule has 3 heterocycles. The molecule has 0 unspecified atom stereocenters. The van der Waals surface area contributed by atoms with E-state index in [1.165, 1.54) is 16.2 Å². The molecule has 1 aliphatic heterocycles. The van der Waals surface area contributed by atoms with Crippen LogP contribution in [0.15, 0.2) is 22.7 Å². The van der Waals surface area contributed by atoms with Crippen LogP contribution in [0.4, 0.5) is 14.6 Å². The van der Waals surface area contributed by atoms with Gasteiger partial charge in [-0.25, -0.2) is 14.6 Å². The number of carboxylic acid groups (broad SMARTS) is 1. The van der Waals surface area contributed by atoms with Gasteiger partial charge in [0.15, 0.2) is 0 Å². The van der Waals surface area contributed by atoms with Gasteiger partial charge >= 0.3 is 12.2 Å². The quantitative estimate of drug-likeness (QED) is 0.313. The maximum atomic E-state index is 13.1. The van der Waals surface area contributed by atoms with Gasteiger partial charge < -0.3 is 25.0 Å². The topological polar surface area (TPSA) is 112 Å². The number of carbonyl (C=O) groups excluding carboxylic acids is 2. The summed E-state index contributed by atoms with van der Waals surface area (Å²) in [6.45, 7) is 10.1. The van der Waals surface area contributed by atoms with Gasteiger partial charge in [0.05, 0.1) is 16.8 Å². The number of nitrogens with one attached hydrogen (secondary N) is 1. The maximum absolute atomic E-state index is 13.1. The number of rotatable bonds is 6. The van der Waals surface area contributed by atoms with Crippen molar-refractivity contribution in [2.24, 2.45) is 0 Å². The van der Waals surface area contributed by atoms with E-state index in [-0.39, 0.29) is 31.5 Å². The minimum absolute atomic E-state index is 0.0907. The average molecular weight is 624 g/mol. The monoisotopic (exact) mass is 622 g/mol. The van der Waals surface area contributed by atoms with Crippen LogP contribution >= 0.6 is 38.6 Å². The van der Waals surface area contributed by atoms with Gasteiger partial charge in [-0.15, -0.1) is 22.7 Å². The molecule has 0 fully saturated rings. The van der Waals surface area contributed by atoms with E-state index >= 15 is 0 Å². The second kappa shape index (κ2) is 11.2. The highest BCUT2D eigenvalue weighted by Gasteiger charge is 2.30. The Hall–Kier alpha value is -2.70. The molecule has 204 valence electrons. The molecule has 38 heavy (non-hydrogen) atoms. The summed E-state index contributed by atoms with van der Waals surface area (Å²) in [5.74, 6) is -0.238. The molecule has 2 aromatic heterocycles. The summed E-state index contributed by atoms with van der Waals surface area (Å²) in [6.07, 6.45) is -0.783. The minimum atomic E-state index is -0.961. The van der Waals surface area contributed by atoms with Crippen LogP contribution in [0.5, 0.6) is 0 Å². The number of amides is 3. The Balaban J connectivity index is 1.60. The zero-order valence-corrected chi connectivity index (χ0v) is 25.2. The number of anilines is 1. The van der Waals surface area contributed by atoms with Crippen molar-refractivity contribution in [3.63, 3.8) is 0 Å². The fourth-order valence-electron chi connectivity index (χ4n) is 4.18. The largest absolute Gasteiger partial charge is 0.465 e. The maximum Gasteiger partial charge on any atom is 0.410 e. The van der Waals surface area contributed by atoms with Crippen LogP contribution in [0.3, 0.4) is 0 Å². The number of thiophene rings is 1. The van der Waals surface area contributed by atoms with E-state index in [1.54, 1.807) is 16.2 Å². The Kier molecular flexibility index (Phi) is 8.34. The molecule has 2 N–H and O–H groups in total. The number of benzene rings is 1. The van der Waals surface area contributed by atoms with Crippen LogP contribution in [-0.4, -0.2) is 62.7 Å². The standard InChI is InChI=1S/C26H31BrN4O5S2/c1-14(2)31(25(35)36-26(3,4)5)11-9-20(32)29-23-21(16-8-10-30(24(33)34)13-19(16)38-23)22-28-17-12-15(27)6-7-18(17)37-22/h6-7,12,14H,8-11,13H2,1-5H3,(H,29,32)(H,33,34). The number of fused-ring (bicyclic) bond motifs is 2. The summed E-state index contributed by atoms with van der Waals surface area (Å²) in [5.41, 5.74) is 2.10. The first-order valence-electron chi connectivity index (χ1n) is 12.3. The van der Waals surface area contributed by atoms with Gasteiger partial charge in [-0.3, -0.25) is 4.79 Å². The SMILES string of the molecule is CC(C)N(CCC(=O)Nc1sc2c(c1-c1nc3cc(Br)ccc3s1)CCN(C(=O)O)C2)C(=O)OC(C)(C)C. The second-order valence-corrected chi connectivity index (χ2v) is 13.4. The fourth-order valence-corrected chi connectivity index (χ4v) is 6.90. The van der Waals surface area contributed by atoms with Crippen molar-refractivity contribution in [1.82, 2.24) is 14.8 Å². The number of halogens is 1. The highest BCUT2D eigenvalue weighted by atomic mass is 79.9.